The first-order valence-electron chi connectivity index (χ1n) is 5.66. The third kappa shape index (κ3) is 3.59. The summed E-state index contributed by atoms with van der Waals surface area (Å²) in [6, 6.07) is 3.79. The molecule has 2 rings (SSSR count). The molecule has 0 saturated heterocycles. The van der Waals surface area contributed by atoms with Crippen LogP contribution in [-0.4, -0.2) is 18.0 Å². The first-order valence-corrected chi connectivity index (χ1v) is 6.48. The van der Waals surface area contributed by atoms with Crippen molar-refractivity contribution in [1.82, 2.24) is 15.6 Å². The van der Waals surface area contributed by atoms with Gasteiger partial charge in [-0.25, -0.2) is 4.98 Å². The summed E-state index contributed by atoms with van der Waals surface area (Å²) in [6.07, 6.45) is 3.54. The molecule has 96 valence electrons. The Morgan fingerprint density at radius 2 is 2.28 bits per heavy atom. The normalized spacial score (nSPS) is 11.6. The van der Waals surface area contributed by atoms with Gasteiger partial charge in [0.05, 0.1) is 24.4 Å². The molecule has 6 heteroatoms. The number of rotatable bonds is 4. The Bertz CT molecular complexity index is 504. The molecule has 0 unspecified atom stereocenters. The topological polar surface area (TPSA) is 62.5 Å². The molecule has 0 aromatic carbocycles. The molecule has 18 heavy (non-hydrogen) atoms. The molecule has 2 aromatic heterocycles. The van der Waals surface area contributed by atoms with Gasteiger partial charge < -0.3 is 15.1 Å². The molecule has 0 bridgehead atoms. The van der Waals surface area contributed by atoms with E-state index in [1.807, 2.05) is 25.3 Å². The largest absolute Gasteiger partial charge is 0.467 e. The average Bonchev–Trinajstić information content (AvgIpc) is 3.01. The van der Waals surface area contributed by atoms with Crippen LogP contribution in [0.3, 0.4) is 0 Å². The van der Waals surface area contributed by atoms with Crippen LogP contribution >= 0.6 is 11.3 Å². The predicted octanol–water partition coefficient (Wildman–Crippen LogP) is 1.91. The number of aliphatic imine (C=N–C) groups is 1. The van der Waals surface area contributed by atoms with E-state index < -0.39 is 0 Å². The number of aryl methyl sites for hydroxylation is 1. The van der Waals surface area contributed by atoms with Crippen molar-refractivity contribution in [2.24, 2.45) is 4.99 Å². The third-order valence-corrected chi connectivity index (χ3v) is 3.25. The van der Waals surface area contributed by atoms with E-state index in [-0.39, 0.29) is 0 Å². The van der Waals surface area contributed by atoms with Crippen molar-refractivity contribution in [2.45, 2.75) is 20.0 Å². The number of furan rings is 1. The van der Waals surface area contributed by atoms with Crippen molar-refractivity contribution in [1.29, 1.82) is 0 Å². The second-order valence-electron chi connectivity index (χ2n) is 3.70. The van der Waals surface area contributed by atoms with Crippen molar-refractivity contribution < 1.29 is 4.42 Å². The highest BCUT2D eigenvalue weighted by Gasteiger charge is 2.02. The highest BCUT2D eigenvalue weighted by Crippen LogP contribution is 2.10. The maximum Gasteiger partial charge on any atom is 0.191 e. The quantitative estimate of drug-likeness (QED) is 0.654. The van der Waals surface area contributed by atoms with Gasteiger partial charge >= 0.3 is 0 Å². The van der Waals surface area contributed by atoms with Crippen LogP contribution in [-0.2, 0) is 13.1 Å². The SMILES string of the molecule is CN=C(NCc1ccco1)NCc1cnc(C)s1. The van der Waals surface area contributed by atoms with Crippen LogP contribution in [0.5, 0.6) is 0 Å². The van der Waals surface area contributed by atoms with Crippen LogP contribution in [0.2, 0.25) is 0 Å². The van der Waals surface area contributed by atoms with Crippen molar-refractivity contribution >= 4 is 17.3 Å². The summed E-state index contributed by atoms with van der Waals surface area (Å²) >= 11 is 1.68. The van der Waals surface area contributed by atoms with Gasteiger partial charge in [-0.05, 0) is 19.1 Å². The zero-order chi connectivity index (χ0) is 12.8. The molecule has 0 radical (unpaired) electrons. The Kier molecular flexibility index (Phi) is 4.35. The lowest BCUT2D eigenvalue weighted by Gasteiger charge is -2.09. The fourth-order valence-corrected chi connectivity index (χ4v) is 2.20. The Hall–Kier alpha value is -1.82. The van der Waals surface area contributed by atoms with E-state index in [0.29, 0.717) is 6.54 Å². The van der Waals surface area contributed by atoms with Crippen molar-refractivity contribution in [3.8, 4) is 0 Å². The summed E-state index contributed by atoms with van der Waals surface area (Å²) < 4.78 is 5.24. The molecule has 2 N–H and O–H groups in total. The Morgan fingerprint density at radius 1 is 1.44 bits per heavy atom. The van der Waals surface area contributed by atoms with Crippen molar-refractivity contribution in [2.75, 3.05) is 7.05 Å². The van der Waals surface area contributed by atoms with Crippen molar-refractivity contribution in [3.63, 3.8) is 0 Å². The second kappa shape index (κ2) is 6.20. The summed E-state index contributed by atoms with van der Waals surface area (Å²) in [4.78, 5) is 9.54. The van der Waals surface area contributed by atoms with E-state index in [0.717, 1.165) is 23.3 Å². The van der Waals surface area contributed by atoms with E-state index >= 15 is 0 Å². The first kappa shape index (κ1) is 12.6. The Morgan fingerprint density at radius 3 is 2.89 bits per heavy atom. The number of aromatic nitrogens is 1. The Balaban J connectivity index is 1.79. The number of hydrogen-bond acceptors (Lipinski definition) is 4. The number of guanidine groups is 1. The molecule has 2 aromatic rings. The Labute approximate surface area is 110 Å². The highest BCUT2D eigenvalue weighted by molar-refractivity contribution is 7.11. The zero-order valence-corrected chi connectivity index (χ0v) is 11.3. The molecular formula is C12H16N4OS. The predicted molar refractivity (Wildman–Crippen MR) is 72.6 cm³/mol. The lowest BCUT2D eigenvalue weighted by atomic mass is 10.4. The molecule has 0 saturated carbocycles. The van der Waals surface area contributed by atoms with Crippen LogP contribution in [0.25, 0.3) is 0 Å². The van der Waals surface area contributed by atoms with Gasteiger partial charge in [0.15, 0.2) is 5.96 Å². The van der Waals surface area contributed by atoms with Gasteiger partial charge in [-0.3, -0.25) is 4.99 Å². The molecular weight excluding hydrogens is 248 g/mol. The minimum Gasteiger partial charge on any atom is -0.467 e. The molecule has 0 atom stereocenters. The lowest BCUT2D eigenvalue weighted by Crippen LogP contribution is -2.36. The van der Waals surface area contributed by atoms with E-state index in [9.17, 15) is 0 Å². The van der Waals surface area contributed by atoms with Gasteiger partial charge in [-0.1, -0.05) is 0 Å². The first-order chi connectivity index (χ1) is 8.78. The maximum absolute atomic E-state index is 5.24. The average molecular weight is 264 g/mol. The minimum atomic E-state index is 0.619. The van der Waals surface area contributed by atoms with Crippen LogP contribution in [0, 0.1) is 6.92 Å². The summed E-state index contributed by atoms with van der Waals surface area (Å²) in [7, 11) is 1.75. The van der Waals surface area contributed by atoms with Gasteiger partial charge in [0.2, 0.25) is 0 Å². The van der Waals surface area contributed by atoms with Crippen LogP contribution in [0.1, 0.15) is 15.6 Å². The van der Waals surface area contributed by atoms with E-state index in [1.165, 1.54) is 4.88 Å². The van der Waals surface area contributed by atoms with E-state index in [4.69, 9.17) is 4.42 Å². The molecule has 0 aliphatic heterocycles. The minimum absolute atomic E-state index is 0.619. The number of hydrogen-bond donors (Lipinski definition) is 2. The van der Waals surface area contributed by atoms with Gasteiger partial charge in [0.1, 0.15) is 5.76 Å². The van der Waals surface area contributed by atoms with E-state index in [2.05, 4.69) is 20.6 Å². The highest BCUT2D eigenvalue weighted by atomic mass is 32.1. The zero-order valence-electron chi connectivity index (χ0n) is 10.4. The molecule has 2 heterocycles. The summed E-state index contributed by atoms with van der Waals surface area (Å²) in [5.41, 5.74) is 0. The van der Waals surface area contributed by atoms with Gasteiger partial charge in [-0.2, -0.15) is 0 Å². The fourth-order valence-electron chi connectivity index (χ4n) is 1.46. The van der Waals surface area contributed by atoms with Gasteiger partial charge in [-0.15, -0.1) is 11.3 Å². The second-order valence-corrected chi connectivity index (χ2v) is 5.02. The molecule has 0 fully saturated rings. The van der Waals surface area contributed by atoms with Crippen LogP contribution in [0.15, 0.2) is 34.0 Å². The number of nitrogens with zero attached hydrogens (tertiary/aromatic N) is 2. The fraction of sp³-hybridized carbons (Fsp3) is 0.333. The van der Waals surface area contributed by atoms with Crippen LogP contribution < -0.4 is 10.6 Å². The summed E-state index contributed by atoms with van der Waals surface area (Å²) in [6.45, 7) is 3.34. The molecule has 0 spiro atoms. The van der Waals surface area contributed by atoms with E-state index in [1.54, 1.807) is 24.6 Å². The smallest absolute Gasteiger partial charge is 0.191 e. The number of thiazole rings is 1. The van der Waals surface area contributed by atoms with Gasteiger partial charge in [0, 0.05) is 18.1 Å². The summed E-state index contributed by atoms with van der Waals surface area (Å²) in [5.74, 6) is 1.63. The monoisotopic (exact) mass is 264 g/mol. The third-order valence-electron chi connectivity index (χ3n) is 2.33. The maximum atomic E-state index is 5.24. The molecule has 5 nitrogen and oxygen atoms in total. The summed E-state index contributed by atoms with van der Waals surface area (Å²) in [5, 5.41) is 7.48. The molecule has 0 amide bonds. The molecule has 0 aliphatic carbocycles. The van der Waals surface area contributed by atoms with Crippen molar-refractivity contribution in [3.05, 3.63) is 40.2 Å². The molecule has 0 aliphatic rings. The standard InChI is InChI=1S/C12H16N4OS/c1-9-14-7-11(18-9)8-16-12(13-2)15-6-10-4-3-5-17-10/h3-5,7H,6,8H2,1-2H3,(H2,13,15,16). The van der Waals surface area contributed by atoms with Gasteiger partial charge in [0.25, 0.3) is 0 Å². The van der Waals surface area contributed by atoms with Crippen LogP contribution in [0.4, 0.5) is 0 Å². The number of nitrogens with one attached hydrogen (secondary N) is 2. The lowest BCUT2D eigenvalue weighted by molar-refractivity contribution is 0.501.